The third-order valence-corrected chi connectivity index (χ3v) is 7.79. The van der Waals surface area contributed by atoms with Crippen LogP contribution in [0.5, 0.6) is 0 Å². The smallest absolute Gasteiger partial charge is 0.223 e. The van der Waals surface area contributed by atoms with E-state index in [1.165, 1.54) is 37.7 Å². The van der Waals surface area contributed by atoms with Crippen LogP contribution in [0, 0.1) is 17.3 Å². The normalized spacial score (nSPS) is 33.5. The molecule has 0 radical (unpaired) electrons. The number of carbonyl (C=O) groups excluding carboxylic acids is 1. The van der Waals surface area contributed by atoms with Crippen LogP contribution in [0.4, 0.5) is 0 Å². The summed E-state index contributed by atoms with van der Waals surface area (Å²) in [5.74, 6) is 1.86. The summed E-state index contributed by atoms with van der Waals surface area (Å²) in [6.07, 6.45) is 8.45. The predicted octanol–water partition coefficient (Wildman–Crippen LogP) is 5.35. The van der Waals surface area contributed by atoms with Gasteiger partial charge < -0.3 is 5.32 Å². The minimum atomic E-state index is 0.225. The quantitative estimate of drug-likeness (QED) is 0.777. The van der Waals surface area contributed by atoms with Crippen LogP contribution in [0.15, 0.2) is 18.2 Å². The van der Waals surface area contributed by atoms with Gasteiger partial charge in [0.1, 0.15) is 0 Å². The summed E-state index contributed by atoms with van der Waals surface area (Å²) in [5, 5.41) is 3.32. The van der Waals surface area contributed by atoms with E-state index in [2.05, 4.69) is 51.2 Å². The van der Waals surface area contributed by atoms with Crippen LogP contribution in [-0.4, -0.2) is 12.5 Å². The number of rotatable bonds is 4. The van der Waals surface area contributed by atoms with E-state index in [1.54, 1.807) is 11.1 Å². The number of aryl methyl sites for hydroxylation is 1. The van der Waals surface area contributed by atoms with Crippen LogP contribution in [0.2, 0.25) is 0 Å². The Morgan fingerprint density at radius 1 is 1.19 bits per heavy atom. The lowest BCUT2D eigenvalue weighted by molar-refractivity contribution is -0.123. The van der Waals surface area contributed by atoms with Crippen molar-refractivity contribution in [3.8, 4) is 0 Å². The number of fused-ring (bicyclic) bond motifs is 3. The lowest BCUT2D eigenvalue weighted by atomic mass is 9.49. The lowest BCUT2D eigenvalue weighted by Crippen LogP contribution is -2.53. The van der Waals surface area contributed by atoms with E-state index in [9.17, 15) is 4.79 Å². The van der Waals surface area contributed by atoms with Crippen molar-refractivity contribution in [1.82, 2.24) is 5.32 Å². The van der Waals surface area contributed by atoms with Crippen LogP contribution < -0.4 is 5.32 Å². The first-order chi connectivity index (χ1) is 12.3. The average Bonchev–Trinajstić information content (AvgIpc) is 3.44. The molecule has 3 atom stereocenters. The zero-order valence-corrected chi connectivity index (χ0v) is 17.0. The Morgan fingerprint density at radius 2 is 1.96 bits per heavy atom. The van der Waals surface area contributed by atoms with Gasteiger partial charge in [-0.05, 0) is 77.9 Å². The van der Waals surface area contributed by atoms with E-state index in [4.69, 9.17) is 0 Å². The molecule has 142 valence electrons. The summed E-state index contributed by atoms with van der Waals surface area (Å²) in [7, 11) is 0. The zero-order valence-electron chi connectivity index (χ0n) is 17.0. The molecule has 3 unspecified atom stereocenters. The van der Waals surface area contributed by atoms with Gasteiger partial charge in [0.15, 0.2) is 0 Å². The minimum Gasteiger partial charge on any atom is -0.355 e. The molecule has 2 nitrogen and oxygen atoms in total. The van der Waals surface area contributed by atoms with E-state index >= 15 is 0 Å². The van der Waals surface area contributed by atoms with Crippen molar-refractivity contribution >= 4 is 5.91 Å². The standard InChI is InChI=1S/C24H35NO/c1-16(2)19-9-6-17-10-11-21-23(3,15-25-22(26)18-7-8-18)12-5-13-24(21,4)20(17)14-19/h6,9,14,16,18,21H,5,7-8,10-13,15H2,1-4H3,(H,25,26). The minimum absolute atomic E-state index is 0.225. The maximum absolute atomic E-state index is 12.2. The summed E-state index contributed by atoms with van der Waals surface area (Å²) in [4.78, 5) is 12.2. The van der Waals surface area contributed by atoms with Crippen molar-refractivity contribution in [2.75, 3.05) is 6.54 Å². The largest absolute Gasteiger partial charge is 0.355 e. The molecule has 4 rings (SSSR count). The number of benzene rings is 1. The maximum atomic E-state index is 12.2. The van der Waals surface area contributed by atoms with Gasteiger partial charge in [0.2, 0.25) is 5.91 Å². The summed E-state index contributed by atoms with van der Waals surface area (Å²) in [6, 6.07) is 7.25. The molecular weight excluding hydrogens is 318 g/mol. The number of hydrogen-bond donors (Lipinski definition) is 1. The third kappa shape index (κ3) is 3.00. The lowest BCUT2D eigenvalue weighted by Gasteiger charge is -2.55. The van der Waals surface area contributed by atoms with E-state index in [0.717, 1.165) is 19.4 Å². The summed E-state index contributed by atoms with van der Waals surface area (Å²) in [5.41, 5.74) is 5.14. The van der Waals surface area contributed by atoms with Crippen LogP contribution >= 0.6 is 0 Å². The molecule has 0 spiro atoms. The molecule has 0 aromatic heterocycles. The molecule has 1 aromatic carbocycles. The molecule has 3 aliphatic carbocycles. The van der Waals surface area contributed by atoms with Crippen molar-refractivity contribution in [3.63, 3.8) is 0 Å². The van der Waals surface area contributed by atoms with Gasteiger partial charge in [0, 0.05) is 12.5 Å². The number of hydrogen-bond acceptors (Lipinski definition) is 1. The van der Waals surface area contributed by atoms with Crippen molar-refractivity contribution in [1.29, 1.82) is 0 Å². The van der Waals surface area contributed by atoms with Gasteiger partial charge >= 0.3 is 0 Å². The monoisotopic (exact) mass is 353 g/mol. The summed E-state index contributed by atoms with van der Waals surface area (Å²) in [6.45, 7) is 10.4. The first-order valence-electron chi connectivity index (χ1n) is 10.7. The fourth-order valence-electron chi connectivity index (χ4n) is 5.96. The highest BCUT2D eigenvalue weighted by molar-refractivity contribution is 5.80. The fourth-order valence-corrected chi connectivity index (χ4v) is 5.96. The molecular formula is C24H35NO. The Kier molecular flexibility index (Phi) is 4.44. The van der Waals surface area contributed by atoms with Gasteiger partial charge in [0.25, 0.3) is 0 Å². The van der Waals surface area contributed by atoms with Gasteiger partial charge in [-0.1, -0.05) is 52.3 Å². The highest BCUT2D eigenvalue weighted by atomic mass is 16.2. The second-order valence-electron chi connectivity index (χ2n) is 10.1. The Labute approximate surface area is 159 Å². The molecule has 1 aromatic rings. The second kappa shape index (κ2) is 6.39. The molecule has 0 aliphatic heterocycles. The number of nitrogens with one attached hydrogen (secondary N) is 1. The number of carbonyl (C=O) groups is 1. The third-order valence-electron chi connectivity index (χ3n) is 7.79. The van der Waals surface area contributed by atoms with E-state index in [0.29, 0.717) is 23.7 Å². The molecule has 0 saturated heterocycles. The second-order valence-corrected chi connectivity index (χ2v) is 10.1. The average molecular weight is 354 g/mol. The highest BCUT2D eigenvalue weighted by Crippen LogP contribution is 2.57. The van der Waals surface area contributed by atoms with Crippen LogP contribution in [0.1, 0.15) is 88.8 Å². The van der Waals surface area contributed by atoms with E-state index in [1.807, 2.05) is 0 Å². The highest BCUT2D eigenvalue weighted by Gasteiger charge is 2.51. The van der Waals surface area contributed by atoms with E-state index < -0.39 is 0 Å². The molecule has 0 bridgehead atoms. The van der Waals surface area contributed by atoms with Gasteiger partial charge in [-0.25, -0.2) is 0 Å². The molecule has 1 N–H and O–H groups in total. The summed E-state index contributed by atoms with van der Waals surface area (Å²) >= 11 is 0. The SMILES string of the molecule is CC(C)c1ccc2c(c1)C1(C)CCCC(C)(CNC(=O)C3CC3)C1CC2. The fraction of sp³-hybridized carbons (Fsp3) is 0.708. The number of amides is 1. The van der Waals surface area contributed by atoms with Crippen molar-refractivity contribution in [2.45, 2.75) is 84.0 Å². The van der Waals surface area contributed by atoms with Crippen molar-refractivity contribution < 1.29 is 4.79 Å². The topological polar surface area (TPSA) is 29.1 Å². The molecule has 2 saturated carbocycles. The zero-order chi connectivity index (χ0) is 18.5. The van der Waals surface area contributed by atoms with Crippen LogP contribution in [0.3, 0.4) is 0 Å². The van der Waals surface area contributed by atoms with Crippen molar-refractivity contribution in [2.24, 2.45) is 17.3 Å². The van der Waals surface area contributed by atoms with Gasteiger partial charge in [0.05, 0.1) is 0 Å². The summed E-state index contributed by atoms with van der Waals surface area (Å²) < 4.78 is 0. The molecule has 3 aliphatic rings. The van der Waals surface area contributed by atoms with Crippen LogP contribution in [0.25, 0.3) is 0 Å². The Balaban J connectivity index is 1.62. The molecule has 0 heterocycles. The van der Waals surface area contributed by atoms with Gasteiger partial charge in [-0.15, -0.1) is 0 Å². The van der Waals surface area contributed by atoms with E-state index in [-0.39, 0.29) is 10.8 Å². The Hall–Kier alpha value is -1.31. The predicted molar refractivity (Wildman–Crippen MR) is 107 cm³/mol. The molecule has 2 heteroatoms. The van der Waals surface area contributed by atoms with Gasteiger partial charge in [-0.3, -0.25) is 4.79 Å². The molecule has 2 fully saturated rings. The first kappa shape index (κ1) is 18.1. The Bertz CT molecular complexity index is 704. The van der Waals surface area contributed by atoms with Gasteiger partial charge in [-0.2, -0.15) is 0 Å². The van der Waals surface area contributed by atoms with Crippen LogP contribution in [-0.2, 0) is 16.6 Å². The Morgan fingerprint density at radius 3 is 2.65 bits per heavy atom. The van der Waals surface area contributed by atoms with Crippen molar-refractivity contribution in [3.05, 3.63) is 34.9 Å². The molecule has 26 heavy (non-hydrogen) atoms. The first-order valence-corrected chi connectivity index (χ1v) is 10.7. The molecule has 1 amide bonds. The maximum Gasteiger partial charge on any atom is 0.223 e.